The fourth-order valence-corrected chi connectivity index (χ4v) is 3.20. The Morgan fingerprint density at radius 1 is 1.38 bits per heavy atom. The summed E-state index contributed by atoms with van der Waals surface area (Å²) in [4.78, 5) is 6.89. The van der Waals surface area contributed by atoms with E-state index in [1.807, 2.05) is 13.2 Å². The zero-order valence-electron chi connectivity index (χ0n) is 12.9. The van der Waals surface area contributed by atoms with Crippen LogP contribution >= 0.6 is 0 Å². The van der Waals surface area contributed by atoms with Gasteiger partial charge in [-0.2, -0.15) is 0 Å². The number of pyridine rings is 1. The number of nitrogens with one attached hydrogen (secondary N) is 1. The molecule has 0 aromatic carbocycles. The van der Waals surface area contributed by atoms with Crippen molar-refractivity contribution in [3.05, 3.63) is 47.9 Å². The Bertz CT molecular complexity index is 590. The molecule has 0 radical (unpaired) electrons. The number of rotatable bonds is 4. The number of hydrogen-bond donors (Lipinski definition) is 1. The molecule has 0 bridgehead atoms. The van der Waals surface area contributed by atoms with Gasteiger partial charge in [0.05, 0.1) is 0 Å². The molecule has 1 saturated heterocycles. The zero-order chi connectivity index (χ0) is 14.7. The molecule has 1 aliphatic rings. The van der Waals surface area contributed by atoms with E-state index in [0.717, 1.165) is 18.9 Å². The summed E-state index contributed by atoms with van der Waals surface area (Å²) >= 11 is 0. The summed E-state index contributed by atoms with van der Waals surface area (Å²) in [5, 5.41) is 3.13. The minimum atomic E-state index is 0.620. The number of aromatic nitrogens is 2. The summed E-state index contributed by atoms with van der Waals surface area (Å²) in [6.07, 6.45) is 6.58. The van der Waals surface area contributed by atoms with Gasteiger partial charge >= 0.3 is 0 Å². The lowest BCUT2D eigenvalue weighted by atomic mass is 9.91. The van der Waals surface area contributed by atoms with Crippen molar-refractivity contribution in [2.45, 2.75) is 25.3 Å². The average Bonchev–Trinajstić information content (AvgIpc) is 2.93. The van der Waals surface area contributed by atoms with Crippen molar-refractivity contribution >= 4 is 5.82 Å². The van der Waals surface area contributed by atoms with E-state index in [4.69, 9.17) is 0 Å². The molecule has 0 unspecified atom stereocenters. The van der Waals surface area contributed by atoms with Gasteiger partial charge in [-0.25, -0.2) is 4.98 Å². The Balaban J connectivity index is 1.69. The SMILES string of the molecule is CNc1cc([C@@H]2CCCN(Cc3cccn3C)C2)ccn1. The molecule has 4 nitrogen and oxygen atoms in total. The Labute approximate surface area is 126 Å². The van der Waals surface area contributed by atoms with Gasteiger partial charge < -0.3 is 9.88 Å². The minimum Gasteiger partial charge on any atom is -0.373 e. The monoisotopic (exact) mass is 284 g/mol. The molecule has 1 fully saturated rings. The number of piperidine rings is 1. The van der Waals surface area contributed by atoms with E-state index in [9.17, 15) is 0 Å². The van der Waals surface area contributed by atoms with E-state index in [0.29, 0.717) is 5.92 Å². The molecule has 1 N–H and O–H groups in total. The van der Waals surface area contributed by atoms with Crippen molar-refractivity contribution in [3.63, 3.8) is 0 Å². The third-order valence-corrected chi connectivity index (χ3v) is 4.45. The summed E-state index contributed by atoms with van der Waals surface area (Å²) in [5.41, 5.74) is 2.80. The molecular formula is C17H24N4. The van der Waals surface area contributed by atoms with Crippen LogP contribution in [0.1, 0.15) is 30.0 Å². The van der Waals surface area contributed by atoms with E-state index in [1.54, 1.807) is 0 Å². The normalized spacial score (nSPS) is 19.6. The Hall–Kier alpha value is -1.81. The van der Waals surface area contributed by atoms with Gasteiger partial charge in [0.15, 0.2) is 0 Å². The van der Waals surface area contributed by atoms with Crippen LogP contribution in [0.25, 0.3) is 0 Å². The van der Waals surface area contributed by atoms with Crippen molar-refractivity contribution in [1.29, 1.82) is 0 Å². The number of hydrogen-bond acceptors (Lipinski definition) is 3. The molecule has 1 aliphatic heterocycles. The van der Waals surface area contributed by atoms with Gasteiger partial charge in [0.25, 0.3) is 0 Å². The highest BCUT2D eigenvalue weighted by molar-refractivity contribution is 5.38. The number of aryl methyl sites for hydroxylation is 1. The number of likely N-dealkylation sites (tertiary alicyclic amines) is 1. The number of anilines is 1. The average molecular weight is 284 g/mol. The molecule has 112 valence electrons. The second kappa shape index (κ2) is 6.31. The predicted octanol–water partition coefficient (Wildman–Crippen LogP) is 2.84. The highest BCUT2D eigenvalue weighted by Gasteiger charge is 2.22. The smallest absolute Gasteiger partial charge is 0.125 e. The maximum Gasteiger partial charge on any atom is 0.125 e. The molecule has 0 spiro atoms. The van der Waals surface area contributed by atoms with Gasteiger partial charge in [0.2, 0.25) is 0 Å². The molecule has 3 heterocycles. The molecule has 2 aromatic rings. The van der Waals surface area contributed by atoms with Crippen molar-refractivity contribution in [2.24, 2.45) is 7.05 Å². The van der Waals surface area contributed by atoms with Crippen molar-refractivity contribution in [1.82, 2.24) is 14.5 Å². The van der Waals surface area contributed by atoms with Gasteiger partial charge in [0, 0.05) is 45.3 Å². The van der Waals surface area contributed by atoms with E-state index >= 15 is 0 Å². The van der Waals surface area contributed by atoms with Crippen LogP contribution in [0, 0.1) is 0 Å². The van der Waals surface area contributed by atoms with Crippen LogP contribution in [0.3, 0.4) is 0 Å². The lowest BCUT2D eigenvalue weighted by Gasteiger charge is -2.33. The van der Waals surface area contributed by atoms with Gasteiger partial charge in [-0.05, 0) is 55.1 Å². The summed E-state index contributed by atoms with van der Waals surface area (Å²) in [6, 6.07) is 8.70. The summed E-state index contributed by atoms with van der Waals surface area (Å²) in [7, 11) is 4.05. The molecule has 0 amide bonds. The van der Waals surface area contributed by atoms with Crippen molar-refractivity contribution in [3.8, 4) is 0 Å². The van der Waals surface area contributed by atoms with Gasteiger partial charge in [-0.1, -0.05) is 0 Å². The van der Waals surface area contributed by atoms with Crippen LogP contribution in [0.5, 0.6) is 0 Å². The first kappa shape index (κ1) is 14.1. The summed E-state index contributed by atoms with van der Waals surface area (Å²) in [5.74, 6) is 1.58. The second-order valence-corrected chi connectivity index (χ2v) is 5.91. The Morgan fingerprint density at radius 3 is 3.05 bits per heavy atom. The van der Waals surface area contributed by atoms with Crippen LogP contribution < -0.4 is 5.32 Å². The molecule has 0 saturated carbocycles. The van der Waals surface area contributed by atoms with E-state index in [1.165, 1.54) is 30.6 Å². The third kappa shape index (κ3) is 3.27. The maximum atomic E-state index is 4.32. The lowest BCUT2D eigenvalue weighted by molar-refractivity contribution is 0.196. The third-order valence-electron chi connectivity index (χ3n) is 4.45. The fraction of sp³-hybridized carbons (Fsp3) is 0.471. The first-order valence-electron chi connectivity index (χ1n) is 7.72. The number of nitrogens with zero attached hydrogens (tertiary/aromatic N) is 3. The van der Waals surface area contributed by atoms with Crippen LogP contribution in [0.2, 0.25) is 0 Å². The molecular weight excluding hydrogens is 260 g/mol. The predicted molar refractivity (Wildman–Crippen MR) is 86.4 cm³/mol. The minimum absolute atomic E-state index is 0.620. The highest BCUT2D eigenvalue weighted by atomic mass is 15.1. The van der Waals surface area contributed by atoms with Crippen LogP contribution in [0.15, 0.2) is 36.7 Å². The van der Waals surface area contributed by atoms with Crippen molar-refractivity contribution in [2.75, 3.05) is 25.5 Å². The Morgan fingerprint density at radius 2 is 2.29 bits per heavy atom. The standard InChI is InChI=1S/C17H24N4/c1-18-17-11-14(7-8-19-17)15-5-3-10-21(12-15)13-16-6-4-9-20(16)2/h4,6-9,11,15H,3,5,10,12-13H2,1-2H3,(H,18,19)/t15-/m1/s1. The zero-order valence-corrected chi connectivity index (χ0v) is 12.9. The summed E-state index contributed by atoms with van der Waals surface area (Å²) < 4.78 is 2.22. The molecule has 3 rings (SSSR count). The topological polar surface area (TPSA) is 33.1 Å². The first-order valence-corrected chi connectivity index (χ1v) is 7.72. The molecule has 1 atom stereocenters. The van der Waals surface area contributed by atoms with E-state index in [2.05, 4.69) is 57.3 Å². The largest absolute Gasteiger partial charge is 0.373 e. The van der Waals surface area contributed by atoms with Crippen LogP contribution in [0.4, 0.5) is 5.82 Å². The Kier molecular flexibility index (Phi) is 4.25. The van der Waals surface area contributed by atoms with Gasteiger partial charge in [0.1, 0.15) is 5.82 Å². The fourth-order valence-electron chi connectivity index (χ4n) is 3.20. The van der Waals surface area contributed by atoms with Crippen molar-refractivity contribution < 1.29 is 0 Å². The first-order chi connectivity index (χ1) is 10.3. The van der Waals surface area contributed by atoms with Crippen LogP contribution in [-0.2, 0) is 13.6 Å². The highest BCUT2D eigenvalue weighted by Crippen LogP contribution is 2.28. The van der Waals surface area contributed by atoms with Gasteiger partial charge in [-0.15, -0.1) is 0 Å². The molecule has 0 aliphatic carbocycles. The molecule has 2 aromatic heterocycles. The van der Waals surface area contributed by atoms with E-state index in [-0.39, 0.29) is 0 Å². The van der Waals surface area contributed by atoms with Crippen LogP contribution in [-0.4, -0.2) is 34.6 Å². The summed E-state index contributed by atoms with van der Waals surface area (Å²) in [6.45, 7) is 3.38. The molecule has 4 heteroatoms. The maximum absolute atomic E-state index is 4.32. The quantitative estimate of drug-likeness (QED) is 0.937. The van der Waals surface area contributed by atoms with Gasteiger partial charge in [-0.3, -0.25) is 4.90 Å². The lowest BCUT2D eigenvalue weighted by Crippen LogP contribution is -2.34. The van der Waals surface area contributed by atoms with E-state index < -0.39 is 0 Å². The second-order valence-electron chi connectivity index (χ2n) is 5.91. The molecule has 21 heavy (non-hydrogen) atoms.